The van der Waals surface area contributed by atoms with Crippen molar-refractivity contribution in [1.29, 1.82) is 0 Å². The number of carbonyl (C=O) groups excluding carboxylic acids is 1. The van der Waals surface area contributed by atoms with E-state index in [9.17, 15) is 13.2 Å². The molecule has 22 heavy (non-hydrogen) atoms. The Kier molecular flexibility index (Phi) is 4.27. The van der Waals surface area contributed by atoms with Gasteiger partial charge in [-0.3, -0.25) is 9.69 Å². The predicted molar refractivity (Wildman–Crippen MR) is 77.8 cm³/mol. The summed E-state index contributed by atoms with van der Waals surface area (Å²) in [6.45, 7) is 3.13. The molecule has 2 aliphatic rings. The molecule has 120 valence electrons. The van der Waals surface area contributed by atoms with Crippen LogP contribution in [-0.2, 0) is 19.6 Å². The van der Waals surface area contributed by atoms with Gasteiger partial charge in [0.2, 0.25) is 10.0 Å². The van der Waals surface area contributed by atoms with Crippen molar-refractivity contribution in [3.63, 3.8) is 0 Å². The van der Waals surface area contributed by atoms with E-state index < -0.39 is 10.0 Å². The minimum Gasteiger partial charge on any atom is -0.379 e. The summed E-state index contributed by atoms with van der Waals surface area (Å²) in [5.74, 6) is 0.695. The van der Waals surface area contributed by atoms with Crippen molar-refractivity contribution < 1.29 is 22.9 Å². The zero-order valence-electron chi connectivity index (χ0n) is 12.1. The summed E-state index contributed by atoms with van der Waals surface area (Å²) < 4.78 is 31.6. The van der Waals surface area contributed by atoms with Gasteiger partial charge in [-0.15, -0.1) is 0 Å². The van der Waals surface area contributed by atoms with E-state index >= 15 is 0 Å². The van der Waals surface area contributed by atoms with Crippen LogP contribution < -0.4 is 15.2 Å². The maximum Gasteiger partial charge on any atom is 0.274 e. The van der Waals surface area contributed by atoms with Gasteiger partial charge in [0.25, 0.3) is 11.7 Å². The van der Waals surface area contributed by atoms with Crippen molar-refractivity contribution in [2.24, 2.45) is 0 Å². The second-order valence-corrected chi connectivity index (χ2v) is 7.14. The van der Waals surface area contributed by atoms with E-state index in [4.69, 9.17) is 4.74 Å². The van der Waals surface area contributed by atoms with Gasteiger partial charge >= 0.3 is 0 Å². The Bertz CT molecular complexity index is 641. The smallest absolute Gasteiger partial charge is 0.274 e. The number of sulfonamides is 1. The van der Waals surface area contributed by atoms with E-state index in [2.05, 4.69) is 10.3 Å². The predicted octanol–water partition coefficient (Wildman–Crippen LogP) is -1.54. The number of pyridine rings is 1. The molecule has 0 unspecified atom stereocenters. The minimum atomic E-state index is -3.50. The Morgan fingerprint density at radius 1 is 1.18 bits per heavy atom. The Balaban J connectivity index is 1.77. The molecule has 0 radical (unpaired) electrons. The molecule has 0 atom stereocenters. The maximum absolute atomic E-state index is 12.5. The van der Waals surface area contributed by atoms with E-state index in [1.165, 1.54) is 10.5 Å². The number of piperazine rings is 1. The first-order valence-electron chi connectivity index (χ1n) is 7.19. The normalized spacial score (nSPS) is 20.7. The van der Waals surface area contributed by atoms with Crippen LogP contribution in [0.3, 0.4) is 0 Å². The number of rotatable bonds is 3. The summed E-state index contributed by atoms with van der Waals surface area (Å²) in [4.78, 5) is 16.5. The van der Waals surface area contributed by atoms with Crippen LogP contribution in [-0.4, -0.2) is 64.6 Å². The molecule has 0 spiro atoms. The summed E-state index contributed by atoms with van der Waals surface area (Å²) in [5, 5.41) is 2.75. The zero-order chi connectivity index (χ0) is 15.6. The molecule has 9 heteroatoms. The fourth-order valence-electron chi connectivity index (χ4n) is 2.54. The average molecular weight is 327 g/mol. The number of nitrogens with zero attached hydrogens (tertiary/aromatic N) is 2. The molecule has 1 aromatic heterocycles. The molecule has 0 bridgehead atoms. The van der Waals surface area contributed by atoms with Crippen LogP contribution in [0.1, 0.15) is 0 Å². The van der Waals surface area contributed by atoms with Crippen LogP contribution >= 0.6 is 0 Å². The first-order valence-corrected chi connectivity index (χ1v) is 8.63. The standard InChI is InChI=1S/C13H18N4O4S/c18-13-10-16(4-3-14-13)12-2-1-11(9-15-12)22(19,20)17-5-7-21-8-6-17/h1-2,9H,3-8,10H2,(H,14,18)/p+1. The Morgan fingerprint density at radius 2 is 1.95 bits per heavy atom. The van der Waals surface area contributed by atoms with E-state index in [1.54, 1.807) is 12.1 Å². The fraction of sp³-hybridized carbons (Fsp3) is 0.538. The van der Waals surface area contributed by atoms with Gasteiger partial charge in [-0.1, -0.05) is 0 Å². The molecule has 0 aliphatic carbocycles. The van der Waals surface area contributed by atoms with Crippen molar-refractivity contribution >= 4 is 21.7 Å². The molecule has 2 fully saturated rings. The summed E-state index contributed by atoms with van der Waals surface area (Å²) >= 11 is 0. The molecule has 1 amide bonds. The molecule has 8 nitrogen and oxygen atoms in total. The summed E-state index contributed by atoms with van der Waals surface area (Å²) in [6.07, 6.45) is 1.48. The topological polar surface area (TPSA) is 93.1 Å². The summed E-state index contributed by atoms with van der Waals surface area (Å²) in [7, 11) is -3.50. The number of H-pyrrole nitrogens is 1. The van der Waals surface area contributed by atoms with E-state index in [0.29, 0.717) is 39.4 Å². The van der Waals surface area contributed by atoms with Gasteiger partial charge in [-0.2, -0.15) is 4.31 Å². The van der Waals surface area contributed by atoms with E-state index in [-0.39, 0.29) is 17.3 Å². The van der Waals surface area contributed by atoms with Crippen molar-refractivity contribution in [3.8, 4) is 0 Å². The summed E-state index contributed by atoms with van der Waals surface area (Å²) in [5.41, 5.74) is 0. The average Bonchev–Trinajstić information content (AvgIpc) is 2.56. The maximum atomic E-state index is 12.5. The third-order valence-corrected chi connectivity index (χ3v) is 5.65. The highest BCUT2D eigenvalue weighted by Gasteiger charge is 2.28. The molecule has 1 aromatic rings. The number of anilines is 1. The highest BCUT2D eigenvalue weighted by atomic mass is 32.2. The van der Waals surface area contributed by atoms with Crippen molar-refractivity contribution in [3.05, 3.63) is 18.3 Å². The quantitative estimate of drug-likeness (QED) is 0.726. The Morgan fingerprint density at radius 3 is 2.59 bits per heavy atom. The number of nitrogens with one attached hydrogen (secondary N) is 2. The van der Waals surface area contributed by atoms with Gasteiger partial charge in [0, 0.05) is 19.2 Å². The van der Waals surface area contributed by atoms with Crippen LogP contribution in [0.25, 0.3) is 0 Å². The van der Waals surface area contributed by atoms with Gasteiger partial charge in [0.1, 0.15) is 17.6 Å². The second-order valence-electron chi connectivity index (χ2n) is 5.20. The molecule has 2 saturated heterocycles. The molecular weight excluding hydrogens is 308 g/mol. The monoisotopic (exact) mass is 327 g/mol. The molecule has 0 aromatic carbocycles. The third-order valence-electron chi connectivity index (χ3n) is 3.75. The molecule has 2 N–H and O–H groups in total. The van der Waals surface area contributed by atoms with Gasteiger partial charge in [-0.25, -0.2) is 13.4 Å². The summed E-state index contributed by atoms with van der Waals surface area (Å²) in [6, 6.07) is 3.27. The molecule has 2 aliphatic heterocycles. The number of hydrogen-bond donors (Lipinski definition) is 1. The van der Waals surface area contributed by atoms with Crippen LogP contribution in [0.2, 0.25) is 0 Å². The Hall–Kier alpha value is -1.71. The minimum absolute atomic E-state index is 0.0373. The van der Waals surface area contributed by atoms with Gasteiger partial charge < -0.3 is 10.1 Å². The number of hydrogen-bond acceptors (Lipinski definition) is 5. The van der Waals surface area contributed by atoms with Crippen LogP contribution in [0, 0.1) is 0 Å². The number of morpholine rings is 1. The number of carbonyl (C=O) groups is 1. The second kappa shape index (κ2) is 6.19. The zero-order valence-corrected chi connectivity index (χ0v) is 12.9. The first-order chi connectivity index (χ1) is 10.6. The molecule has 3 heterocycles. The number of amides is 1. The lowest BCUT2D eigenvalue weighted by Crippen LogP contribution is -2.49. The van der Waals surface area contributed by atoms with Gasteiger partial charge in [0.05, 0.1) is 19.8 Å². The largest absolute Gasteiger partial charge is 0.379 e. The lowest BCUT2D eigenvalue weighted by Gasteiger charge is -2.26. The van der Waals surface area contributed by atoms with Crippen LogP contribution in [0.15, 0.2) is 23.2 Å². The Labute approximate surface area is 129 Å². The number of aromatic nitrogens is 1. The van der Waals surface area contributed by atoms with E-state index in [0.717, 1.165) is 5.82 Å². The lowest BCUT2D eigenvalue weighted by atomic mass is 10.3. The van der Waals surface area contributed by atoms with Crippen molar-refractivity contribution in [2.75, 3.05) is 50.8 Å². The van der Waals surface area contributed by atoms with Gasteiger partial charge in [-0.05, 0) is 6.07 Å². The molecular formula is C13H19N4O4S+. The van der Waals surface area contributed by atoms with E-state index in [1.807, 2.05) is 4.90 Å². The van der Waals surface area contributed by atoms with Crippen molar-refractivity contribution in [1.82, 2.24) is 9.62 Å². The van der Waals surface area contributed by atoms with Crippen molar-refractivity contribution in [2.45, 2.75) is 4.90 Å². The highest BCUT2D eigenvalue weighted by Crippen LogP contribution is 2.17. The lowest BCUT2D eigenvalue weighted by molar-refractivity contribution is -0.367. The first kappa shape index (κ1) is 15.2. The molecule has 3 rings (SSSR count). The SMILES string of the molecule is O=C1CN(c2ccc(S(=O)(=O)N3CCOCC3)c[nH+]2)CCN1. The third kappa shape index (κ3) is 3.06. The number of ether oxygens (including phenoxy) is 1. The van der Waals surface area contributed by atoms with Crippen LogP contribution in [0.4, 0.5) is 5.82 Å². The highest BCUT2D eigenvalue weighted by molar-refractivity contribution is 7.89. The fourth-order valence-corrected chi connectivity index (χ4v) is 3.92. The molecule has 0 saturated carbocycles. The van der Waals surface area contributed by atoms with Crippen LogP contribution in [0.5, 0.6) is 0 Å². The number of aromatic amines is 1. The van der Waals surface area contributed by atoms with Gasteiger partial charge in [0.15, 0.2) is 6.54 Å².